The van der Waals surface area contributed by atoms with Gasteiger partial charge in [0.15, 0.2) is 0 Å². The van der Waals surface area contributed by atoms with Crippen LogP contribution >= 0.6 is 36.4 Å². The summed E-state index contributed by atoms with van der Waals surface area (Å²) in [4.78, 5) is 0. The second-order valence-corrected chi connectivity index (χ2v) is 28.9. The number of fused-ring (bicyclic) bond motifs is 3. The monoisotopic (exact) mass is 748 g/mol. The molecule has 0 N–H and O–H groups in total. The molecule has 4 aromatic rings. The number of aryl methyl sites for hydroxylation is 2. The van der Waals surface area contributed by atoms with Crippen molar-refractivity contribution in [3.63, 3.8) is 0 Å². The molecule has 0 aromatic heterocycles. The van der Waals surface area contributed by atoms with Gasteiger partial charge >= 0.3 is 273 Å². The van der Waals surface area contributed by atoms with Gasteiger partial charge in [-0.25, -0.2) is 0 Å². The van der Waals surface area contributed by atoms with Crippen LogP contribution in [0.25, 0.3) is 11.1 Å². The van der Waals surface area contributed by atoms with E-state index >= 15 is 0 Å². The summed E-state index contributed by atoms with van der Waals surface area (Å²) in [5, 5.41) is 0.767. The molecule has 2 aliphatic carbocycles. The second-order valence-electron chi connectivity index (χ2n) is 15.6. The quantitative estimate of drug-likeness (QED) is 0.172. The number of benzene rings is 4. The van der Waals surface area contributed by atoms with Crippen LogP contribution in [0.2, 0.25) is 5.02 Å². The van der Waals surface area contributed by atoms with Crippen molar-refractivity contribution in [3.05, 3.63) is 132 Å². The zero-order valence-electron chi connectivity index (χ0n) is 28.9. The number of hydrogen-bond acceptors (Lipinski definition) is 0. The van der Waals surface area contributed by atoms with Gasteiger partial charge in [-0.05, 0) is 0 Å². The average molecular weight is 751 g/mol. The van der Waals surface area contributed by atoms with Gasteiger partial charge in [-0.1, -0.05) is 0 Å². The fourth-order valence-electron chi connectivity index (χ4n) is 8.53. The van der Waals surface area contributed by atoms with Gasteiger partial charge in [0.1, 0.15) is 0 Å². The molecule has 4 aromatic carbocycles. The molecule has 0 saturated heterocycles. The average Bonchev–Trinajstić information content (AvgIpc) is 3.60. The fraction of sp³-hybridized carbons (Fsp3) is 0.310. The van der Waals surface area contributed by atoms with Gasteiger partial charge < -0.3 is 0 Å². The minimum atomic E-state index is -4.87. The standard InChI is InChI=1S/C23H29.C7H7.C6H4Cl.C5H5.CH2.2ClH.Zr/c1-14-9-16-11-17-10-15(2)21(23(6,7)8)13-19(17)18(16)12-20(14)22(3,4)5;1-7-5-3-2-4-6-7;7-6-4-2-1-3-5-6;1-2-4-5-3-1;;;;/h9,12-13H,11H2,1-8H3;3-6H,1H3;2-5H;1-3H,4H2;1H2;2*1H;. The molecule has 0 amide bonds. The molecule has 0 radical (unpaired) electrons. The molecule has 242 valence electrons. The molecule has 0 fully saturated rings. The van der Waals surface area contributed by atoms with Crippen molar-refractivity contribution in [1.82, 2.24) is 0 Å². The molecule has 0 aliphatic heterocycles. The third kappa shape index (κ3) is 5.52. The Kier molecular flexibility index (Phi) is 9.97. The van der Waals surface area contributed by atoms with Crippen molar-refractivity contribution in [1.29, 1.82) is 0 Å². The Bertz CT molecular complexity index is 1890. The van der Waals surface area contributed by atoms with Crippen LogP contribution < -0.4 is 9.81 Å². The van der Waals surface area contributed by atoms with E-state index in [1.54, 1.807) is 0 Å². The predicted molar refractivity (Wildman–Crippen MR) is 207 cm³/mol. The molecule has 6 rings (SSSR count). The zero-order valence-corrected chi connectivity index (χ0v) is 33.7. The van der Waals surface area contributed by atoms with Crippen molar-refractivity contribution in [3.8, 4) is 11.1 Å². The Labute approximate surface area is 295 Å². The van der Waals surface area contributed by atoms with Crippen molar-refractivity contribution in [2.75, 3.05) is 0 Å². The summed E-state index contributed by atoms with van der Waals surface area (Å²) in [6, 6.07) is 25.7. The minimum absolute atomic E-state index is 0. The first kappa shape index (κ1) is 36.8. The van der Waals surface area contributed by atoms with Gasteiger partial charge in [-0.3, -0.25) is 0 Å². The first-order valence-electron chi connectivity index (χ1n) is 16.1. The van der Waals surface area contributed by atoms with E-state index in [1.165, 1.54) is 63.2 Å². The Hall–Kier alpha value is -2.02. The molecular weight excluding hydrogens is 702 g/mol. The first-order chi connectivity index (χ1) is 20.5. The van der Waals surface area contributed by atoms with E-state index in [0.29, 0.717) is 0 Å². The predicted octanol–water partition coefficient (Wildman–Crippen LogP) is 10.5. The van der Waals surface area contributed by atoms with Crippen molar-refractivity contribution in [2.45, 2.75) is 86.0 Å². The molecule has 0 atom stereocenters. The molecule has 0 unspecified atom stereocenters. The van der Waals surface area contributed by atoms with E-state index in [0.717, 1.165) is 17.9 Å². The summed E-state index contributed by atoms with van der Waals surface area (Å²) in [6.45, 7) is 21.0. The van der Waals surface area contributed by atoms with E-state index in [-0.39, 0.29) is 35.6 Å². The molecule has 0 heterocycles. The molecule has 0 saturated carbocycles. The molecule has 0 bridgehead atoms. The van der Waals surface area contributed by atoms with E-state index in [4.69, 9.17) is 15.8 Å². The Morgan fingerprint density at radius 1 is 0.717 bits per heavy atom. The summed E-state index contributed by atoms with van der Waals surface area (Å²) in [7, 11) is 0. The maximum atomic E-state index is 6.59. The van der Waals surface area contributed by atoms with Crippen LogP contribution in [-0.4, -0.2) is 4.21 Å². The Morgan fingerprint density at radius 2 is 1.26 bits per heavy atom. The number of allylic oxidation sites excluding steroid dienone is 4. The SMILES string of the molecule is Cl.Cl.[CH2]=[Zr]([C]1=CC=CC1)([c]1ccc(C)cc1)([c]1ccc(Cl)cc1)[c]1c(C)c(C(C)(C)C)cc2c1Cc1cc(C)c(C(C)(C)C)cc1-2. The molecular formula is C42H49Cl3Zr. The van der Waals surface area contributed by atoms with Crippen LogP contribution in [0.15, 0.2) is 88.2 Å². The summed E-state index contributed by atoms with van der Waals surface area (Å²) in [5.74, 6) is 0. The molecule has 0 spiro atoms. The maximum absolute atomic E-state index is 6.59. The molecule has 0 nitrogen and oxygen atoms in total. The third-order valence-corrected chi connectivity index (χ3v) is 27.5. The van der Waals surface area contributed by atoms with Gasteiger partial charge in [-0.15, -0.1) is 24.8 Å². The van der Waals surface area contributed by atoms with Crippen molar-refractivity contribution < 1.29 is 18.3 Å². The van der Waals surface area contributed by atoms with E-state index in [1.807, 2.05) is 0 Å². The summed E-state index contributed by atoms with van der Waals surface area (Å²) < 4.78 is 11.5. The Morgan fingerprint density at radius 3 is 1.78 bits per heavy atom. The molecule has 46 heavy (non-hydrogen) atoms. The van der Waals surface area contributed by atoms with E-state index in [2.05, 4.69) is 147 Å². The van der Waals surface area contributed by atoms with Gasteiger partial charge in [0.05, 0.1) is 0 Å². The van der Waals surface area contributed by atoms with Gasteiger partial charge in [0.25, 0.3) is 0 Å². The molecule has 2 aliphatic rings. The number of hydrogen-bond donors (Lipinski definition) is 0. The van der Waals surface area contributed by atoms with Crippen LogP contribution in [0.1, 0.15) is 86.9 Å². The fourth-order valence-corrected chi connectivity index (χ4v) is 25.0. The summed E-state index contributed by atoms with van der Waals surface area (Å²) >= 11 is 1.73. The second kappa shape index (κ2) is 12.5. The summed E-state index contributed by atoms with van der Waals surface area (Å²) in [5.41, 5.74) is 12.7. The number of rotatable bonds is 4. The van der Waals surface area contributed by atoms with Crippen LogP contribution in [0.4, 0.5) is 0 Å². The third-order valence-electron chi connectivity index (χ3n) is 10.6. The van der Waals surface area contributed by atoms with Crippen molar-refractivity contribution >= 4 is 50.4 Å². The van der Waals surface area contributed by atoms with Crippen LogP contribution in [0.5, 0.6) is 0 Å². The van der Waals surface area contributed by atoms with E-state index < -0.39 is 18.3 Å². The summed E-state index contributed by atoms with van der Waals surface area (Å²) in [6.07, 6.45) is 8.87. The molecule has 4 heteroatoms. The van der Waals surface area contributed by atoms with E-state index in [9.17, 15) is 0 Å². The topological polar surface area (TPSA) is 0 Å². The first-order valence-corrected chi connectivity index (χ1v) is 23.1. The van der Waals surface area contributed by atoms with Gasteiger partial charge in [-0.2, -0.15) is 0 Å². The van der Waals surface area contributed by atoms with Crippen LogP contribution in [-0.2, 0) is 35.5 Å². The van der Waals surface area contributed by atoms with Crippen LogP contribution in [0.3, 0.4) is 0 Å². The van der Waals surface area contributed by atoms with Crippen molar-refractivity contribution in [2.24, 2.45) is 0 Å². The van der Waals surface area contributed by atoms with Gasteiger partial charge in [0.2, 0.25) is 0 Å². The van der Waals surface area contributed by atoms with Crippen LogP contribution in [0, 0.1) is 20.8 Å². The zero-order chi connectivity index (χ0) is 31.8. The normalized spacial score (nSPS) is 14.3. The number of halogens is 3. The Balaban J connectivity index is 0.00000240. The van der Waals surface area contributed by atoms with Gasteiger partial charge in [0, 0.05) is 0 Å².